The minimum Gasteiger partial charge on any atom is -0.293 e. The number of rotatable bonds is 3. The molecule has 0 bridgehead atoms. The van der Waals surface area contributed by atoms with Crippen LogP contribution in [0.2, 0.25) is 19.6 Å². The van der Waals surface area contributed by atoms with Crippen molar-refractivity contribution in [2.75, 3.05) is 0 Å². The van der Waals surface area contributed by atoms with Gasteiger partial charge < -0.3 is 0 Å². The van der Waals surface area contributed by atoms with Crippen LogP contribution >= 0.6 is 0 Å². The van der Waals surface area contributed by atoms with Crippen LogP contribution in [0.4, 0.5) is 0 Å². The molecule has 2 heteroatoms. The maximum Gasteiger partial charge on any atom is 0.170 e. The molecule has 0 saturated heterocycles. The van der Waals surface area contributed by atoms with Gasteiger partial charge in [-0.25, -0.2) is 0 Å². The van der Waals surface area contributed by atoms with Crippen LogP contribution in [-0.2, 0) is 0 Å². The number of carbonyl (C=O) groups excluding carboxylic acids is 1. The lowest BCUT2D eigenvalue weighted by Crippen LogP contribution is -2.35. The summed E-state index contributed by atoms with van der Waals surface area (Å²) < 4.78 is 0. The highest BCUT2D eigenvalue weighted by molar-refractivity contribution is 6.83. The van der Waals surface area contributed by atoms with E-state index < -0.39 is 8.07 Å². The Morgan fingerprint density at radius 3 is 2.24 bits per heavy atom. The zero-order valence-electron chi connectivity index (χ0n) is 10.5. The summed E-state index contributed by atoms with van der Waals surface area (Å²) in [5.41, 5.74) is 2.03. The van der Waals surface area contributed by atoms with E-state index in [1.54, 1.807) is 0 Å². The number of hydrogen-bond donors (Lipinski definition) is 0. The molecule has 1 saturated carbocycles. The van der Waals surface area contributed by atoms with Crippen molar-refractivity contribution < 1.29 is 4.79 Å². The molecule has 1 aromatic carbocycles. The Hall–Kier alpha value is -0.893. The fraction of sp³-hybridized carbons (Fsp3) is 0.200. The highest BCUT2D eigenvalue weighted by Gasteiger charge is 2.42. The summed E-state index contributed by atoms with van der Waals surface area (Å²) in [7, 11) is -1.44. The van der Waals surface area contributed by atoms with E-state index in [-0.39, 0.29) is 5.78 Å². The molecule has 0 aromatic heterocycles. The van der Waals surface area contributed by atoms with Gasteiger partial charge in [-0.3, -0.25) is 4.79 Å². The number of Topliss-reactive ketones (excluding diaryl/α,β-unsaturated/α-hetero) is 1. The van der Waals surface area contributed by atoms with Crippen LogP contribution in [-0.4, -0.2) is 13.9 Å². The van der Waals surface area contributed by atoms with Gasteiger partial charge in [-0.1, -0.05) is 50.0 Å². The summed E-state index contributed by atoms with van der Waals surface area (Å²) >= 11 is 0. The van der Waals surface area contributed by atoms with Crippen molar-refractivity contribution in [1.29, 1.82) is 0 Å². The lowest BCUT2D eigenvalue weighted by atomic mass is 9.96. The molecule has 2 rings (SSSR count). The van der Waals surface area contributed by atoms with Crippen molar-refractivity contribution in [3.8, 4) is 0 Å². The standard InChI is InChI=1S/C15H17OSi/c1-17(2,3)14-11-7-10-13(14)15(16)12-8-5-4-6-9-12/h4-11H,1-3H3. The van der Waals surface area contributed by atoms with Gasteiger partial charge in [0.25, 0.3) is 0 Å². The zero-order valence-corrected chi connectivity index (χ0v) is 11.5. The normalized spacial score (nSPS) is 18.5. The van der Waals surface area contributed by atoms with E-state index in [4.69, 9.17) is 0 Å². The third kappa shape index (κ3) is 2.68. The van der Waals surface area contributed by atoms with Crippen LogP contribution in [0.15, 0.2) is 30.3 Å². The minimum atomic E-state index is -1.44. The van der Waals surface area contributed by atoms with Crippen LogP contribution in [0.5, 0.6) is 0 Å². The molecule has 0 N–H and O–H groups in total. The highest BCUT2D eigenvalue weighted by atomic mass is 28.3. The molecule has 17 heavy (non-hydrogen) atoms. The average Bonchev–Trinajstić information content (AvgIpc) is 2.78. The quantitative estimate of drug-likeness (QED) is 0.584. The van der Waals surface area contributed by atoms with Gasteiger partial charge in [0.1, 0.15) is 0 Å². The Morgan fingerprint density at radius 2 is 1.65 bits per heavy atom. The molecule has 1 aromatic rings. The molecule has 87 valence electrons. The third-order valence-corrected chi connectivity index (χ3v) is 4.96. The smallest absolute Gasteiger partial charge is 0.170 e. The van der Waals surface area contributed by atoms with E-state index in [1.165, 1.54) is 5.54 Å². The molecule has 1 aliphatic carbocycles. The topological polar surface area (TPSA) is 17.1 Å². The van der Waals surface area contributed by atoms with Crippen molar-refractivity contribution in [3.63, 3.8) is 0 Å². The van der Waals surface area contributed by atoms with Gasteiger partial charge in [0.05, 0.1) is 14.0 Å². The van der Waals surface area contributed by atoms with E-state index in [2.05, 4.69) is 26.1 Å². The Kier molecular flexibility index (Phi) is 3.52. The van der Waals surface area contributed by atoms with Gasteiger partial charge in [0.2, 0.25) is 0 Å². The van der Waals surface area contributed by atoms with E-state index in [1.807, 2.05) is 43.2 Å². The fourth-order valence-electron chi connectivity index (χ4n) is 2.02. The summed E-state index contributed by atoms with van der Waals surface area (Å²) in [5, 5.41) is 0. The van der Waals surface area contributed by atoms with E-state index >= 15 is 0 Å². The van der Waals surface area contributed by atoms with E-state index in [0.29, 0.717) is 0 Å². The van der Waals surface area contributed by atoms with Crippen molar-refractivity contribution >= 4 is 13.9 Å². The molecular weight excluding hydrogens is 224 g/mol. The SMILES string of the molecule is C[Si](C)(C)[C]1[CH][CH][CH][C]1C(=O)c1ccccc1. The Bertz CT molecular complexity index is 391. The highest BCUT2D eigenvalue weighted by Crippen LogP contribution is 2.41. The summed E-state index contributed by atoms with van der Waals surface area (Å²) in [4.78, 5) is 12.4. The van der Waals surface area contributed by atoms with Gasteiger partial charge >= 0.3 is 0 Å². The molecule has 0 atom stereocenters. The summed E-state index contributed by atoms with van der Waals surface area (Å²) in [6, 6.07) is 9.50. The second kappa shape index (κ2) is 4.77. The third-order valence-electron chi connectivity index (χ3n) is 2.90. The monoisotopic (exact) mass is 241 g/mol. The molecule has 0 amide bonds. The molecular formula is C15H17OSi. The fourth-order valence-corrected chi connectivity index (χ4v) is 3.62. The Balaban J connectivity index is 2.20. The van der Waals surface area contributed by atoms with Gasteiger partial charge in [-0.15, -0.1) is 0 Å². The molecule has 0 aliphatic heterocycles. The Labute approximate surface area is 105 Å². The number of ketones is 1. The van der Waals surface area contributed by atoms with Crippen LogP contribution in [0.1, 0.15) is 10.4 Å². The molecule has 1 aliphatic rings. The first-order valence-electron chi connectivity index (χ1n) is 5.86. The number of hydrogen-bond acceptors (Lipinski definition) is 1. The first kappa shape index (κ1) is 12.6. The molecule has 5 radical (unpaired) electrons. The lowest BCUT2D eigenvalue weighted by molar-refractivity contribution is 0.101. The first-order valence-corrected chi connectivity index (χ1v) is 9.36. The van der Waals surface area contributed by atoms with Crippen LogP contribution in [0, 0.1) is 30.7 Å². The average molecular weight is 241 g/mol. The zero-order chi connectivity index (χ0) is 12.5. The summed E-state index contributed by atoms with van der Waals surface area (Å²) in [6.07, 6.45) is 6.04. The number of carbonyl (C=O) groups is 1. The van der Waals surface area contributed by atoms with Gasteiger partial charge in [-0.05, 0) is 24.8 Å². The molecule has 1 nitrogen and oxygen atoms in total. The van der Waals surface area contributed by atoms with E-state index in [0.717, 1.165) is 11.5 Å². The lowest BCUT2D eigenvalue weighted by Gasteiger charge is -2.28. The predicted molar refractivity (Wildman–Crippen MR) is 73.5 cm³/mol. The molecule has 0 heterocycles. The Morgan fingerprint density at radius 1 is 1.00 bits per heavy atom. The predicted octanol–water partition coefficient (Wildman–Crippen LogP) is 3.52. The van der Waals surface area contributed by atoms with Crippen LogP contribution in [0.25, 0.3) is 0 Å². The first-order chi connectivity index (χ1) is 8.00. The maximum atomic E-state index is 12.4. The maximum absolute atomic E-state index is 12.4. The van der Waals surface area contributed by atoms with Crippen molar-refractivity contribution in [2.24, 2.45) is 0 Å². The second-order valence-electron chi connectivity index (χ2n) is 5.30. The van der Waals surface area contributed by atoms with Crippen molar-refractivity contribution in [3.05, 3.63) is 66.6 Å². The largest absolute Gasteiger partial charge is 0.293 e. The summed E-state index contributed by atoms with van der Waals surface area (Å²) in [6.45, 7) is 6.80. The second-order valence-corrected chi connectivity index (χ2v) is 10.3. The van der Waals surface area contributed by atoms with Crippen molar-refractivity contribution in [1.82, 2.24) is 0 Å². The van der Waals surface area contributed by atoms with Crippen molar-refractivity contribution in [2.45, 2.75) is 19.6 Å². The molecule has 1 fully saturated rings. The van der Waals surface area contributed by atoms with Gasteiger partial charge in [0.15, 0.2) is 5.78 Å². The van der Waals surface area contributed by atoms with Gasteiger partial charge in [0, 0.05) is 5.56 Å². The molecule has 0 spiro atoms. The van der Waals surface area contributed by atoms with Crippen LogP contribution in [0.3, 0.4) is 0 Å². The summed E-state index contributed by atoms with van der Waals surface area (Å²) in [5.74, 6) is 1.03. The van der Waals surface area contributed by atoms with E-state index in [9.17, 15) is 4.79 Å². The molecule has 0 unspecified atom stereocenters. The van der Waals surface area contributed by atoms with Crippen LogP contribution < -0.4 is 0 Å². The minimum absolute atomic E-state index is 0.146. The van der Waals surface area contributed by atoms with Gasteiger partial charge in [-0.2, -0.15) is 0 Å². The number of benzene rings is 1.